The molecular formula is C17H17ClN4O5. The maximum Gasteiger partial charge on any atom is 0.345 e. The number of carbonyl (C=O) groups excluding carboxylic acids is 2. The number of nitrogens with one attached hydrogen (secondary N) is 1. The maximum atomic E-state index is 12.1. The number of benzene rings is 1. The van der Waals surface area contributed by atoms with Crippen LogP contribution in [-0.2, 0) is 9.53 Å². The van der Waals surface area contributed by atoms with Crippen LogP contribution in [0.25, 0.3) is 0 Å². The lowest BCUT2D eigenvalue weighted by atomic mass is 10.2. The summed E-state index contributed by atoms with van der Waals surface area (Å²) in [5, 5.41) is 18.1. The Hall–Kier alpha value is -2.94. The Kier molecular flexibility index (Phi) is 5.70. The molecule has 0 unspecified atom stereocenters. The summed E-state index contributed by atoms with van der Waals surface area (Å²) in [5.41, 5.74) is -0.750. The molecule has 10 heteroatoms. The van der Waals surface area contributed by atoms with Crippen LogP contribution in [0.15, 0.2) is 30.5 Å². The molecule has 0 radical (unpaired) electrons. The van der Waals surface area contributed by atoms with Crippen molar-refractivity contribution in [2.75, 3.05) is 11.9 Å². The Morgan fingerprint density at radius 3 is 2.78 bits per heavy atom. The van der Waals surface area contributed by atoms with Crippen molar-refractivity contribution in [2.24, 2.45) is 0 Å². The molecule has 27 heavy (non-hydrogen) atoms. The van der Waals surface area contributed by atoms with Crippen LogP contribution in [0.1, 0.15) is 42.1 Å². The quantitative estimate of drug-likeness (QED) is 0.457. The van der Waals surface area contributed by atoms with Gasteiger partial charge in [-0.1, -0.05) is 24.4 Å². The fourth-order valence-electron chi connectivity index (χ4n) is 3.07. The van der Waals surface area contributed by atoms with Gasteiger partial charge >= 0.3 is 5.97 Å². The molecule has 1 saturated carbocycles. The molecule has 1 aliphatic carbocycles. The number of amides is 1. The summed E-state index contributed by atoms with van der Waals surface area (Å²) in [6.07, 6.45) is 5.83. The lowest BCUT2D eigenvalue weighted by Gasteiger charge is -2.14. The number of nitro groups is 1. The summed E-state index contributed by atoms with van der Waals surface area (Å²) in [6.45, 7) is -0.585. The van der Waals surface area contributed by atoms with Gasteiger partial charge in [0.05, 0.1) is 17.2 Å². The molecule has 9 nitrogen and oxygen atoms in total. The molecule has 0 saturated heterocycles. The van der Waals surface area contributed by atoms with Gasteiger partial charge < -0.3 is 10.1 Å². The fourth-order valence-corrected chi connectivity index (χ4v) is 3.24. The summed E-state index contributed by atoms with van der Waals surface area (Å²) in [5.74, 6) is -1.03. The van der Waals surface area contributed by atoms with E-state index in [1.54, 1.807) is 16.9 Å². The topological polar surface area (TPSA) is 116 Å². The first-order chi connectivity index (χ1) is 13.0. The fraction of sp³-hybridized carbons (Fsp3) is 0.353. The van der Waals surface area contributed by atoms with Gasteiger partial charge in [0.2, 0.25) is 0 Å². The lowest BCUT2D eigenvalue weighted by Crippen LogP contribution is -2.23. The monoisotopic (exact) mass is 392 g/mol. The molecule has 2 aromatic rings. The van der Waals surface area contributed by atoms with Gasteiger partial charge in [-0.15, -0.1) is 0 Å². The standard InChI is InChI=1S/C17H17ClN4O5/c18-11-5-6-14(22(25)26)13(9-11)17(24)27-10-16(23)20-15-7-8-19-21(15)12-3-1-2-4-12/h5-9,12H,1-4,10H2,(H,20,23). The van der Waals surface area contributed by atoms with Crippen molar-refractivity contribution >= 4 is 35.0 Å². The third-order valence-electron chi connectivity index (χ3n) is 4.32. The van der Waals surface area contributed by atoms with E-state index < -0.39 is 29.1 Å². The van der Waals surface area contributed by atoms with Crippen LogP contribution >= 0.6 is 11.6 Å². The first-order valence-electron chi connectivity index (χ1n) is 8.40. The summed E-state index contributed by atoms with van der Waals surface area (Å²) in [4.78, 5) is 34.5. The van der Waals surface area contributed by atoms with Crippen molar-refractivity contribution in [1.29, 1.82) is 0 Å². The summed E-state index contributed by atoms with van der Waals surface area (Å²) < 4.78 is 6.66. The van der Waals surface area contributed by atoms with Crippen LogP contribution in [0, 0.1) is 10.1 Å². The average Bonchev–Trinajstić information content (AvgIpc) is 3.30. The van der Waals surface area contributed by atoms with Crippen LogP contribution in [0.3, 0.4) is 0 Å². The number of aromatic nitrogens is 2. The first kappa shape index (κ1) is 18.8. The number of halogens is 1. The lowest BCUT2D eigenvalue weighted by molar-refractivity contribution is -0.385. The van der Waals surface area contributed by atoms with Crippen LogP contribution in [0.2, 0.25) is 5.02 Å². The molecule has 0 aliphatic heterocycles. The summed E-state index contributed by atoms with van der Waals surface area (Å²) in [6, 6.07) is 5.45. The van der Waals surface area contributed by atoms with E-state index in [0.717, 1.165) is 37.8 Å². The van der Waals surface area contributed by atoms with E-state index in [1.807, 2.05) is 0 Å². The zero-order valence-corrected chi connectivity index (χ0v) is 15.0. The SMILES string of the molecule is O=C(COC(=O)c1cc(Cl)ccc1[N+](=O)[O-])Nc1ccnn1C1CCCC1. The number of rotatable bonds is 6. The normalized spacial score (nSPS) is 14.1. The highest BCUT2D eigenvalue weighted by molar-refractivity contribution is 6.31. The number of nitrogens with zero attached hydrogens (tertiary/aromatic N) is 3. The minimum atomic E-state index is -0.997. The van der Waals surface area contributed by atoms with Crippen molar-refractivity contribution < 1.29 is 19.2 Å². The van der Waals surface area contributed by atoms with Gasteiger partial charge in [0.1, 0.15) is 11.4 Å². The van der Waals surface area contributed by atoms with E-state index in [4.69, 9.17) is 16.3 Å². The maximum absolute atomic E-state index is 12.1. The number of hydrogen-bond donors (Lipinski definition) is 1. The van der Waals surface area contributed by atoms with Gasteiger partial charge in [-0.25, -0.2) is 9.48 Å². The van der Waals surface area contributed by atoms with E-state index in [9.17, 15) is 19.7 Å². The third kappa shape index (κ3) is 4.43. The number of esters is 1. The van der Waals surface area contributed by atoms with Crippen LogP contribution in [-0.4, -0.2) is 33.2 Å². The molecule has 0 bridgehead atoms. The van der Waals surface area contributed by atoms with Gasteiger partial charge in [-0.2, -0.15) is 5.10 Å². The molecule has 0 atom stereocenters. The van der Waals surface area contributed by atoms with Crippen LogP contribution in [0.5, 0.6) is 0 Å². The van der Waals surface area contributed by atoms with E-state index in [1.165, 1.54) is 6.07 Å². The van der Waals surface area contributed by atoms with Gasteiger partial charge in [-0.3, -0.25) is 14.9 Å². The highest BCUT2D eigenvalue weighted by Crippen LogP contribution is 2.31. The number of nitro benzene ring substituents is 1. The average molecular weight is 393 g/mol. The molecule has 0 spiro atoms. The number of carbonyl (C=O) groups is 2. The molecule has 1 heterocycles. The zero-order chi connectivity index (χ0) is 19.4. The van der Waals surface area contributed by atoms with E-state index in [-0.39, 0.29) is 16.6 Å². The minimum Gasteiger partial charge on any atom is -0.452 e. The molecular weight excluding hydrogens is 376 g/mol. The molecule has 1 amide bonds. The predicted octanol–water partition coefficient (Wildman–Crippen LogP) is 3.36. The number of ether oxygens (including phenoxy) is 1. The van der Waals surface area contributed by atoms with Crippen molar-refractivity contribution in [3.8, 4) is 0 Å². The first-order valence-corrected chi connectivity index (χ1v) is 8.78. The van der Waals surface area contributed by atoms with Crippen LogP contribution in [0.4, 0.5) is 11.5 Å². The second-order valence-electron chi connectivity index (χ2n) is 6.14. The molecule has 1 aromatic heterocycles. The largest absolute Gasteiger partial charge is 0.452 e. The summed E-state index contributed by atoms with van der Waals surface area (Å²) in [7, 11) is 0. The van der Waals surface area contributed by atoms with E-state index in [2.05, 4.69) is 10.4 Å². The predicted molar refractivity (Wildman–Crippen MR) is 96.8 cm³/mol. The Balaban J connectivity index is 1.62. The van der Waals surface area contributed by atoms with Crippen molar-refractivity contribution in [3.63, 3.8) is 0 Å². The minimum absolute atomic E-state index is 0.150. The van der Waals surface area contributed by atoms with Gasteiger partial charge in [0.15, 0.2) is 6.61 Å². The second kappa shape index (κ2) is 8.17. The second-order valence-corrected chi connectivity index (χ2v) is 6.58. The highest BCUT2D eigenvalue weighted by Gasteiger charge is 2.24. The third-order valence-corrected chi connectivity index (χ3v) is 4.55. The molecule has 1 fully saturated rings. The van der Waals surface area contributed by atoms with Crippen molar-refractivity contribution in [1.82, 2.24) is 9.78 Å². The Bertz CT molecular complexity index is 876. The zero-order valence-electron chi connectivity index (χ0n) is 14.3. The van der Waals surface area contributed by atoms with E-state index >= 15 is 0 Å². The van der Waals surface area contributed by atoms with Crippen molar-refractivity contribution in [3.05, 3.63) is 51.2 Å². The van der Waals surface area contributed by atoms with Gasteiger partial charge in [0.25, 0.3) is 11.6 Å². The van der Waals surface area contributed by atoms with Crippen molar-refractivity contribution in [2.45, 2.75) is 31.7 Å². The Labute approximate surface area is 159 Å². The highest BCUT2D eigenvalue weighted by atomic mass is 35.5. The molecule has 1 aliphatic rings. The Morgan fingerprint density at radius 2 is 2.07 bits per heavy atom. The molecule has 1 N–H and O–H groups in total. The number of hydrogen-bond acceptors (Lipinski definition) is 6. The summed E-state index contributed by atoms with van der Waals surface area (Å²) >= 11 is 5.78. The Morgan fingerprint density at radius 1 is 1.33 bits per heavy atom. The molecule has 1 aromatic carbocycles. The van der Waals surface area contributed by atoms with E-state index in [0.29, 0.717) is 5.82 Å². The molecule has 3 rings (SSSR count). The smallest absolute Gasteiger partial charge is 0.345 e. The van der Waals surface area contributed by atoms with Gasteiger partial charge in [0, 0.05) is 17.2 Å². The van der Waals surface area contributed by atoms with Gasteiger partial charge in [-0.05, 0) is 25.0 Å². The van der Waals surface area contributed by atoms with Crippen LogP contribution < -0.4 is 5.32 Å². The number of anilines is 1. The molecule has 142 valence electrons.